The summed E-state index contributed by atoms with van der Waals surface area (Å²) in [5.41, 5.74) is -0.945. The van der Waals surface area contributed by atoms with Crippen LogP contribution in [0.1, 0.15) is 39.0 Å². The van der Waals surface area contributed by atoms with E-state index in [1.807, 2.05) is 0 Å². The van der Waals surface area contributed by atoms with Gasteiger partial charge in [0.05, 0.1) is 0 Å². The van der Waals surface area contributed by atoms with Gasteiger partial charge in [0.1, 0.15) is 21.0 Å². The van der Waals surface area contributed by atoms with E-state index in [1.165, 1.54) is 0 Å². The maximum Gasteiger partial charge on any atom is 0.360 e. The minimum Gasteiger partial charge on any atom is -0.456 e. The van der Waals surface area contributed by atoms with Crippen molar-refractivity contribution in [2.45, 2.75) is 49.6 Å². The standard InChI is InChI=1S/C14H21FO6S/c1-13(15,22(2,18,19)20)12(17)21-14-5-8-3-9(6-14)11(16)10(4-8)7-14/h8-10H,3-7H2,1-2H3,(H2,18,19,20). The monoisotopic (exact) mass is 336 g/mol. The van der Waals surface area contributed by atoms with E-state index in [1.54, 1.807) is 0 Å². The normalized spacial score (nSPS) is 41.6. The molecule has 0 aromatic heterocycles. The van der Waals surface area contributed by atoms with Gasteiger partial charge in [-0.05, 0) is 44.9 Å². The molecule has 0 aromatic rings. The van der Waals surface area contributed by atoms with Gasteiger partial charge >= 0.3 is 5.97 Å². The molecule has 4 aliphatic rings. The van der Waals surface area contributed by atoms with Crippen LogP contribution in [-0.4, -0.2) is 41.9 Å². The first kappa shape index (κ1) is 16.0. The van der Waals surface area contributed by atoms with Crippen LogP contribution in [0.4, 0.5) is 4.39 Å². The third kappa shape index (κ3) is 2.23. The van der Waals surface area contributed by atoms with Crippen LogP contribution in [0.2, 0.25) is 0 Å². The molecule has 0 spiro atoms. The van der Waals surface area contributed by atoms with Gasteiger partial charge in [0, 0.05) is 18.1 Å². The molecule has 0 aliphatic heterocycles. The molecule has 126 valence electrons. The maximum atomic E-state index is 14.4. The Hall–Kier alpha value is -0.860. The zero-order chi connectivity index (χ0) is 16.6. The average Bonchev–Trinajstić information content (AvgIpc) is 2.31. The Balaban J connectivity index is 1.84. The Kier molecular flexibility index (Phi) is 3.02. The van der Waals surface area contributed by atoms with Gasteiger partial charge in [-0.3, -0.25) is 4.79 Å². The maximum absolute atomic E-state index is 14.4. The van der Waals surface area contributed by atoms with Gasteiger partial charge in [-0.25, -0.2) is 13.4 Å². The average molecular weight is 336 g/mol. The number of rotatable bonds is 3. The highest BCUT2D eigenvalue weighted by molar-refractivity contribution is 8.11. The summed E-state index contributed by atoms with van der Waals surface area (Å²) in [6.45, 7) is 0.551. The molecule has 0 aromatic carbocycles. The largest absolute Gasteiger partial charge is 0.456 e. The minimum atomic E-state index is -5.77. The van der Waals surface area contributed by atoms with Crippen LogP contribution in [0.3, 0.4) is 0 Å². The molecule has 3 atom stereocenters. The van der Waals surface area contributed by atoms with Crippen LogP contribution in [0.5, 0.6) is 0 Å². The van der Waals surface area contributed by atoms with Crippen LogP contribution in [0, 0.1) is 17.8 Å². The van der Waals surface area contributed by atoms with E-state index in [0.29, 0.717) is 32.4 Å². The van der Waals surface area contributed by atoms with Crippen LogP contribution >= 0.6 is 0 Å². The molecular weight excluding hydrogens is 315 g/mol. The van der Waals surface area contributed by atoms with Crippen molar-refractivity contribution in [1.82, 2.24) is 0 Å². The topological polar surface area (TPSA) is 101 Å². The van der Waals surface area contributed by atoms with Crippen molar-refractivity contribution >= 4 is 21.4 Å². The van der Waals surface area contributed by atoms with E-state index in [-0.39, 0.29) is 23.5 Å². The Labute approximate surface area is 127 Å². The van der Waals surface area contributed by atoms with Crippen molar-refractivity contribution in [3.8, 4) is 0 Å². The van der Waals surface area contributed by atoms with E-state index >= 15 is 0 Å². The third-order valence-electron chi connectivity index (χ3n) is 5.49. The number of ketones is 1. The summed E-state index contributed by atoms with van der Waals surface area (Å²) < 4.78 is 50.2. The molecule has 8 heteroatoms. The molecule has 0 heterocycles. The van der Waals surface area contributed by atoms with E-state index < -0.39 is 26.2 Å². The predicted octanol–water partition coefficient (Wildman–Crippen LogP) is 1.76. The van der Waals surface area contributed by atoms with Gasteiger partial charge in [0.25, 0.3) is 5.00 Å². The molecule has 4 saturated carbocycles. The fourth-order valence-corrected chi connectivity index (χ4v) is 4.71. The second-order valence-corrected chi connectivity index (χ2v) is 10.7. The summed E-state index contributed by atoms with van der Waals surface area (Å²) in [6.07, 6.45) is 3.16. The van der Waals surface area contributed by atoms with Gasteiger partial charge in [-0.2, -0.15) is 0 Å². The lowest BCUT2D eigenvalue weighted by Crippen LogP contribution is -2.61. The second-order valence-electron chi connectivity index (χ2n) is 7.47. The van der Waals surface area contributed by atoms with Crippen molar-refractivity contribution < 1.29 is 32.0 Å². The lowest BCUT2D eigenvalue weighted by atomic mass is 9.53. The van der Waals surface area contributed by atoms with Crippen LogP contribution in [0.15, 0.2) is 0 Å². The molecule has 4 rings (SSSR count). The van der Waals surface area contributed by atoms with Crippen LogP contribution in [0.25, 0.3) is 0 Å². The molecule has 0 radical (unpaired) electrons. The molecule has 4 aliphatic carbocycles. The van der Waals surface area contributed by atoms with Gasteiger partial charge in [0.15, 0.2) is 0 Å². The van der Waals surface area contributed by atoms with Crippen molar-refractivity contribution in [2.24, 2.45) is 17.8 Å². The van der Waals surface area contributed by atoms with Gasteiger partial charge in [-0.1, -0.05) is 0 Å². The fraction of sp³-hybridized carbons (Fsp3) is 0.857. The van der Waals surface area contributed by atoms with Crippen molar-refractivity contribution in [3.05, 3.63) is 0 Å². The van der Waals surface area contributed by atoms with Gasteiger partial charge in [0.2, 0.25) is 0 Å². The molecule has 0 amide bonds. The number of esters is 1. The first-order valence-electron chi connectivity index (χ1n) is 7.40. The predicted molar refractivity (Wildman–Crippen MR) is 76.2 cm³/mol. The highest BCUT2D eigenvalue weighted by atomic mass is 32.3. The summed E-state index contributed by atoms with van der Waals surface area (Å²) in [5.74, 6) is -1.43. The zero-order valence-electron chi connectivity index (χ0n) is 12.6. The van der Waals surface area contributed by atoms with Crippen molar-refractivity contribution in [3.63, 3.8) is 0 Å². The number of halogens is 1. The smallest absolute Gasteiger partial charge is 0.360 e. The molecule has 4 bridgehead atoms. The number of ether oxygens (including phenoxy) is 1. The molecule has 22 heavy (non-hydrogen) atoms. The zero-order valence-corrected chi connectivity index (χ0v) is 13.4. The molecule has 4 fully saturated rings. The number of carbonyl (C=O) groups excluding carboxylic acids is 2. The summed E-state index contributed by atoms with van der Waals surface area (Å²) in [7, 11) is -5.77. The Morgan fingerprint density at radius 3 is 2.27 bits per heavy atom. The number of hydrogen-bond donors (Lipinski definition) is 2. The first-order chi connectivity index (χ1) is 9.80. The highest BCUT2D eigenvalue weighted by Gasteiger charge is 2.61. The summed E-state index contributed by atoms with van der Waals surface area (Å²) in [5, 5.41) is -3.41. The quantitative estimate of drug-likeness (QED) is 0.762. The van der Waals surface area contributed by atoms with E-state index in [0.717, 1.165) is 12.8 Å². The van der Waals surface area contributed by atoms with Crippen LogP contribution < -0.4 is 0 Å². The Morgan fingerprint density at radius 2 is 1.82 bits per heavy atom. The summed E-state index contributed by atoms with van der Waals surface area (Å²) in [4.78, 5) is 24.2. The fourth-order valence-electron chi connectivity index (χ4n) is 4.28. The number of hydrogen-bond acceptors (Lipinski definition) is 4. The minimum absolute atomic E-state index is 0.171. The van der Waals surface area contributed by atoms with Gasteiger partial charge < -0.3 is 13.8 Å². The van der Waals surface area contributed by atoms with Crippen molar-refractivity contribution in [2.75, 3.05) is 6.26 Å². The van der Waals surface area contributed by atoms with Crippen LogP contribution in [-0.2, 0) is 24.0 Å². The Morgan fingerprint density at radius 1 is 1.32 bits per heavy atom. The second kappa shape index (κ2) is 4.15. The molecule has 6 nitrogen and oxygen atoms in total. The molecule has 0 saturated heterocycles. The van der Waals surface area contributed by atoms with Crippen molar-refractivity contribution in [1.29, 1.82) is 0 Å². The molecule has 3 unspecified atom stereocenters. The number of alkyl halides is 1. The van der Waals surface area contributed by atoms with E-state index in [4.69, 9.17) is 4.74 Å². The van der Waals surface area contributed by atoms with Gasteiger partial charge in [-0.15, -0.1) is 0 Å². The SMILES string of the molecule is CC(F)(C(=O)OC12CC3CC(C1)C(=O)C(C3)C2)S(C)(=O)(O)O. The number of carbonyl (C=O) groups is 2. The van der Waals surface area contributed by atoms with E-state index in [9.17, 15) is 27.3 Å². The summed E-state index contributed by atoms with van der Waals surface area (Å²) >= 11 is 0. The molecular formula is C14H21FO6S. The third-order valence-corrected chi connectivity index (χ3v) is 7.43. The Bertz CT molecular complexity index is 592. The summed E-state index contributed by atoms with van der Waals surface area (Å²) in [6, 6.07) is 0. The lowest BCUT2D eigenvalue weighted by molar-refractivity contribution is -0.195. The lowest BCUT2D eigenvalue weighted by Gasteiger charge is -2.55. The number of Topliss-reactive ketones (excluding diaryl/α,β-unsaturated/α-hetero) is 1. The molecule has 2 N–H and O–H groups in total. The highest BCUT2D eigenvalue weighted by Crippen LogP contribution is 2.56. The van der Waals surface area contributed by atoms with E-state index in [2.05, 4.69) is 0 Å². The first-order valence-corrected chi connectivity index (χ1v) is 9.68.